The molecule has 0 aliphatic rings. The minimum Gasteiger partial charge on any atom is -0.496 e. The number of hydrogen-bond donors (Lipinski definition) is 1. The van der Waals surface area contributed by atoms with Crippen LogP contribution in [0.4, 0.5) is 0 Å². The van der Waals surface area contributed by atoms with Crippen LogP contribution in [0.5, 0.6) is 5.75 Å². The average Bonchev–Trinajstić information content (AvgIpc) is 2.43. The summed E-state index contributed by atoms with van der Waals surface area (Å²) in [5.41, 5.74) is 1.03. The molecule has 0 heterocycles. The summed E-state index contributed by atoms with van der Waals surface area (Å²) in [6.45, 7) is 5.99. The maximum absolute atomic E-state index is 11.8. The Bertz CT molecular complexity index is 418. The van der Waals surface area contributed by atoms with Gasteiger partial charge in [-0.25, -0.2) is 0 Å². The van der Waals surface area contributed by atoms with E-state index in [1.807, 2.05) is 45.0 Å². The Kier molecular flexibility index (Phi) is 5.83. The first-order valence-electron chi connectivity index (χ1n) is 6.48. The van der Waals surface area contributed by atoms with Crippen LogP contribution < -0.4 is 10.1 Å². The van der Waals surface area contributed by atoms with Crippen molar-refractivity contribution in [1.82, 2.24) is 5.32 Å². The van der Waals surface area contributed by atoms with Gasteiger partial charge in [0.2, 0.25) is 0 Å². The molecule has 2 atom stereocenters. The van der Waals surface area contributed by atoms with Crippen molar-refractivity contribution in [2.75, 3.05) is 14.2 Å². The maximum atomic E-state index is 11.8. The topological polar surface area (TPSA) is 47.6 Å². The van der Waals surface area contributed by atoms with Crippen molar-refractivity contribution in [3.8, 4) is 5.75 Å². The summed E-state index contributed by atoms with van der Waals surface area (Å²) < 4.78 is 10.2. The molecule has 0 aromatic heterocycles. The molecule has 1 rings (SSSR count). The normalized spacial score (nSPS) is 14.0. The van der Waals surface area contributed by atoms with Gasteiger partial charge in [0.1, 0.15) is 11.8 Å². The van der Waals surface area contributed by atoms with Crippen molar-refractivity contribution < 1.29 is 14.3 Å². The molecule has 0 spiro atoms. The second-order valence-electron chi connectivity index (χ2n) is 4.88. The van der Waals surface area contributed by atoms with Gasteiger partial charge < -0.3 is 9.47 Å². The van der Waals surface area contributed by atoms with Crippen molar-refractivity contribution >= 4 is 5.97 Å². The first-order valence-corrected chi connectivity index (χ1v) is 6.48. The van der Waals surface area contributed by atoms with Crippen LogP contribution in [0.25, 0.3) is 0 Å². The molecule has 0 radical (unpaired) electrons. The fourth-order valence-corrected chi connectivity index (χ4v) is 2.04. The lowest BCUT2D eigenvalue weighted by molar-refractivity contribution is -0.144. The lowest BCUT2D eigenvalue weighted by Gasteiger charge is -2.25. The molecule has 0 fully saturated rings. The van der Waals surface area contributed by atoms with E-state index in [4.69, 9.17) is 9.47 Å². The van der Waals surface area contributed by atoms with Gasteiger partial charge in [-0.15, -0.1) is 0 Å². The number of carbonyl (C=O) groups excluding carboxylic acids is 1. The molecule has 1 aromatic rings. The Labute approximate surface area is 115 Å². The monoisotopic (exact) mass is 265 g/mol. The van der Waals surface area contributed by atoms with E-state index < -0.39 is 0 Å². The summed E-state index contributed by atoms with van der Waals surface area (Å²) in [5.74, 6) is 0.733. The van der Waals surface area contributed by atoms with E-state index >= 15 is 0 Å². The van der Waals surface area contributed by atoms with E-state index in [9.17, 15) is 4.79 Å². The van der Waals surface area contributed by atoms with Gasteiger partial charge in [0.15, 0.2) is 0 Å². The number of nitrogens with one attached hydrogen (secondary N) is 1. The zero-order chi connectivity index (χ0) is 14.4. The van der Waals surface area contributed by atoms with Gasteiger partial charge in [0, 0.05) is 11.6 Å². The molecule has 0 saturated heterocycles. The Morgan fingerprint density at radius 2 is 1.79 bits per heavy atom. The molecule has 0 aliphatic heterocycles. The first-order chi connectivity index (χ1) is 9.01. The molecule has 0 aliphatic carbocycles. The Hall–Kier alpha value is -1.55. The molecule has 19 heavy (non-hydrogen) atoms. The number of para-hydroxylation sites is 1. The predicted molar refractivity (Wildman–Crippen MR) is 75.2 cm³/mol. The molecule has 0 bridgehead atoms. The molecule has 4 nitrogen and oxygen atoms in total. The summed E-state index contributed by atoms with van der Waals surface area (Å²) in [6, 6.07) is 7.46. The van der Waals surface area contributed by atoms with E-state index in [1.165, 1.54) is 7.11 Å². The van der Waals surface area contributed by atoms with Crippen LogP contribution >= 0.6 is 0 Å². The smallest absolute Gasteiger partial charge is 0.323 e. The van der Waals surface area contributed by atoms with E-state index in [0.717, 1.165) is 11.3 Å². The summed E-state index contributed by atoms with van der Waals surface area (Å²) >= 11 is 0. The highest BCUT2D eigenvalue weighted by Gasteiger charge is 2.25. The first kappa shape index (κ1) is 15.5. The lowest BCUT2D eigenvalue weighted by atomic mass is 10.0. The van der Waals surface area contributed by atoms with Crippen molar-refractivity contribution in [1.29, 1.82) is 0 Å². The SMILES string of the molecule is COC(=O)[C@@H](N[C@@H](C)c1ccccc1OC)C(C)C. The molecule has 0 unspecified atom stereocenters. The van der Waals surface area contributed by atoms with Crippen molar-refractivity contribution in [2.45, 2.75) is 32.9 Å². The Morgan fingerprint density at radius 1 is 1.16 bits per heavy atom. The highest BCUT2D eigenvalue weighted by Crippen LogP contribution is 2.25. The zero-order valence-electron chi connectivity index (χ0n) is 12.3. The molecule has 0 amide bonds. The number of hydrogen-bond acceptors (Lipinski definition) is 4. The van der Waals surface area contributed by atoms with E-state index in [-0.39, 0.29) is 24.0 Å². The summed E-state index contributed by atoms with van der Waals surface area (Å²) in [7, 11) is 3.05. The second kappa shape index (κ2) is 7.14. The van der Waals surface area contributed by atoms with E-state index in [2.05, 4.69) is 5.32 Å². The number of ether oxygens (including phenoxy) is 2. The quantitative estimate of drug-likeness (QED) is 0.803. The Balaban J connectivity index is 2.87. The van der Waals surface area contributed by atoms with Crippen LogP contribution in [0.2, 0.25) is 0 Å². The van der Waals surface area contributed by atoms with Crippen molar-refractivity contribution in [3.63, 3.8) is 0 Å². The van der Waals surface area contributed by atoms with Crippen LogP contribution in [-0.2, 0) is 9.53 Å². The number of methoxy groups -OCH3 is 2. The van der Waals surface area contributed by atoms with Gasteiger partial charge in [-0.3, -0.25) is 10.1 Å². The third-order valence-electron chi connectivity index (χ3n) is 3.16. The molecular weight excluding hydrogens is 242 g/mol. The predicted octanol–water partition coefficient (Wildman–Crippen LogP) is 2.54. The standard InChI is InChI=1S/C15H23NO3/c1-10(2)14(15(17)19-5)16-11(3)12-8-6-7-9-13(12)18-4/h6-11,14,16H,1-5H3/t11-,14-/m0/s1. The van der Waals surface area contributed by atoms with E-state index in [0.29, 0.717) is 0 Å². The lowest BCUT2D eigenvalue weighted by Crippen LogP contribution is -2.43. The second-order valence-corrected chi connectivity index (χ2v) is 4.88. The highest BCUT2D eigenvalue weighted by atomic mass is 16.5. The minimum absolute atomic E-state index is 0.00245. The van der Waals surface area contributed by atoms with Crippen molar-refractivity contribution in [3.05, 3.63) is 29.8 Å². The van der Waals surface area contributed by atoms with Gasteiger partial charge >= 0.3 is 5.97 Å². The van der Waals surface area contributed by atoms with Crippen LogP contribution in [0, 0.1) is 5.92 Å². The molecular formula is C15H23NO3. The fraction of sp³-hybridized carbons (Fsp3) is 0.533. The van der Waals surface area contributed by atoms with Gasteiger partial charge in [0.25, 0.3) is 0 Å². The zero-order valence-corrected chi connectivity index (χ0v) is 12.3. The third kappa shape index (κ3) is 3.96. The van der Waals surface area contributed by atoms with Crippen LogP contribution in [0.15, 0.2) is 24.3 Å². The fourth-order valence-electron chi connectivity index (χ4n) is 2.04. The van der Waals surface area contributed by atoms with Gasteiger partial charge in [-0.1, -0.05) is 32.0 Å². The van der Waals surface area contributed by atoms with Crippen LogP contribution in [0.1, 0.15) is 32.4 Å². The average molecular weight is 265 g/mol. The van der Waals surface area contributed by atoms with Crippen LogP contribution in [-0.4, -0.2) is 26.2 Å². The summed E-state index contributed by atoms with van der Waals surface area (Å²) in [5, 5.41) is 3.30. The van der Waals surface area contributed by atoms with Gasteiger partial charge in [-0.05, 0) is 18.9 Å². The van der Waals surface area contributed by atoms with Gasteiger partial charge in [-0.2, -0.15) is 0 Å². The molecule has 1 aromatic carbocycles. The van der Waals surface area contributed by atoms with Crippen molar-refractivity contribution in [2.24, 2.45) is 5.92 Å². The Morgan fingerprint density at radius 3 is 2.32 bits per heavy atom. The third-order valence-corrected chi connectivity index (χ3v) is 3.16. The number of carbonyl (C=O) groups is 1. The number of benzene rings is 1. The molecule has 4 heteroatoms. The van der Waals surface area contributed by atoms with E-state index in [1.54, 1.807) is 7.11 Å². The largest absolute Gasteiger partial charge is 0.496 e. The summed E-state index contributed by atoms with van der Waals surface area (Å²) in [6.07, 6.45) is 0. The summed E-state index contributed by atoms with van der Waals surface area (Å²) in [4.78, 5) is 11.8. The molecule has 106 valence electrons. The van der Waals surface area contributed by atoms with Crippen LogP contribution in [0.3, 0.4) is 0 Å². The molecule has 1 N–H and O–H groups in total. The molecule has 0 saturated carbocycles. The highest BCUT2D eigenvalue weighted by molar-refractivity contribution is 5.76. The van der Waals surface area contributed by atoms with Gasteiger partial charge in [0.05, 0.1) is 14.2 Å². The maximum Gasteiger partial charge on any atom is 0.323 e. The number of esters is 1. The minimum atomic E-state index is -0.329. The number of rotatable bonds is 6.